The molecule has 0 saturated carbocycles. The Bertz CT molecular complexity index is 592. The van der Waals surface area contributed by atoms with E-state index in [4.69, 9.17) is 16.6 Å². The van der Waals surface area contributed by atoms with E-state index >= 15 is 0 Å². The van der Waals surface area contributed by atoms with Crippen LogP contribution < -0.4 is 27.4 Å². The number of aliphatic carboxylic acids is 1. The SMILES string of the molecule is CSCCC(N)C(=O)NC(CCSC)C(=O)NCC(=O)NC(CC(N)=O)C(=O)O. The molecule has 0 radical (unpaired) electrons. The molecule has 3 unspecified atom stereocenters. The number of hydrogen-bond donors (Lipinski definition) is 6. The average molecular weight is 452 g/mol. The van der Waals surface area contributed by atoms with Gasteiger partial charge in [-0.1, -0.05) is 0 Å². The third-order valence-electron chi connectivity index (χ3n) is 3.68. The molecule has 0 aliphatic heterocycles. The Balaban J connectivity index is 4.76. The van der Waals surface area contributed by atoms with Crippen molar-refractivity contribution in [2.45, 2.75) is 37.4 Å². The van der Waals surface area contributed by atoms with Crippen molar-refractivity contribution in [3.05, 3.63) is 0 Å². The van der Waals surface area contributed by atoms with E-state index < -0.39 is 60.7 Å². The van der Waals surface area contributed by atoms with Gasteiger partial charge in [-0.3, -0.25) is 19.2 Å². The van der Waals surface area contributed by atoms with Crippen molar-refractivity contribution in [3.63, 3.8) is 0 Å². The van der Waals surface area contributed by atoms with Gasteiger partial charge in [0, 0.05) is 0 Å². The number of carbonyl (C=O) groups excluding carboxylic acids is 4. The van der Waals surface area contributed by atoms with E-state index in [1.54, 1.807) is 11.8 Å². The summed E-state index contributed by atoms with van der Waals surface area (Å²) >= 11 is 3.03. The molecule has 0 aromatic carbocycles. The number of carboxylic acid groups (broad SMARTS) is 1. The Kier molecular flexibility index (Phi) is 13.9. The number of nitrogens with one attached hydrogen (secondary N) is 3. The van der Waals surface area contributed by atoms with Crippen LogP contribution in [0.4, 0.5) is 0 Å². The minimum atomic E-state index is -1.49. The molecule has 0 saturated heterocycles. The van der Waals surface area contributed by atoms with Crippen LogP contribution in [-0.2, 0) is 24.0 Å². The van der Waals surface area contributed by atoms with Gasteiger partial charge in [0.05, 0.1) is 19.0 Å². The molecular weight excluding hydrogens is 422 g/mol. The van der Waals surface area contributed by atoms with Crippen molar-refractivity contribution in [1.82, 2.24) is 16.0 Å². The van der Waals surface area contributed by atoms with E-state index in [1.165, 1.54) is 11.8 Å². The number of carboxylic acids is 1. The van der Waals surface area contributed by atoms with E-state index in [0.717, 1.165) is 0 Å². The summed E-state index contributed by atoms with van der Waals surface area (Å²) in [6, 6.07) is -3.12. The first-order valence-corrected chi connectivity index (χ1v) is 11.5. The minimum Gasteiger partial charge on any atom is -0.480 e. The summed E-state index contributed by atoms with van der Waals surface area (Å²) in [5.74, 6) is -2.89. The zero-order valence-corrected chi connectivity index (χ0v) is 18.1. The highest BCUT2D eigenvalue weighted by Crippen LogP contribution is 2.03. The lowest BCUT2D eigenvalue weighted by atomic mass is 10.1. The lowest BCUT2D eigenvalue weighted by Gasteiger charge is -2.20. The van der Waals surface area contributed by atoms with Gasteiger partial charge in [-0.2, -0.15) is 23.5 Å². The lowest BCUT2D eigenvalue weighted by molar-refractivity contribution is -0.143. The molecule has 3 atom stereocenters. The van der Waals surface area contributed by atoms with Crippen molar-refractivity contribution < 1.29 is 29.1 Å². The molecule has 0 heterocycles. The summed E-state index contributed by atoms with van der Waals surface area (Å²) in [5, 5.41) is 16.0. The Hall–Kier alpha value is -1.99. The van der Waals surface area contributed by atoms with Crippen LogP contribution in [0.1, 0.15) is 19.3 Å². The molecule has 0 bridgehead atoms. The number of primary amides is 1. The Morgan fingerprint density at radius 1 is 0.931 bits per heavy atom. The highest BCUT2D eigenvalue weighted by Gasteiger charge is 2.25. The maximum absolute atomic E-state index is 12.4. The number of amides is 4. The van der Waals surface area contributed by atoms with E-state index in [-0.39, 0.29) is 0 Å². The van der Waals surface area contributed by atoms with Gasteiger partial charge in [-0.15, -0.1) is 0 Å². The zero-order valence-electron chi connectivity index (χ0n) is 16.4. The molecule has 0 aliphatic rings. The number of hydrogen-bond acceptors (Lipinski definition) is 8. The molecule has 29 heavy (non-hydrogen) atoms. The first-order valence-electron chi connectivity index (χ1n) is 8.74. The molecule has 166 valence electrons. The highest BCUT2D eigenvalue weighted by molar-refractivity contribution is 7.98. The predicted molar refractivity (Wildman–Crippen MR) is 112 cm³/mol. The van der Waals surface area contributed by atoms with E-state index in [0.29, 0.717) is 24.3 Å². The van der Waals surface area contributed by atoms with Gasteiger partial charge in [-0.25, -0.2) is 4.79 Å². The van der Waals surface area contributed by atoms with E-state index in [2.05, 4.69) is 16.0 Å². The standard InChI is InChI=1S/C16H29N5O6S2/c1-28-5-3-9(17)14(24)21-10(4-6-29-2)15(25)19-8-13(23)20-11(16(26)27)7-12(18)22/h9-11H,3-8,17H2,1-2H3,(H2,18,22)(H,19,25)(H,20,23)(H,21,24)(H,26,27). The molecule has 0 aromatic heterocycles. The molecule has 13 heteroatoms. The third-order valence-corrected chi connectivity index (χ3v) is 4.96. The fraction of sp³-hybridized carbons (Fsp3) is 0.688. The summed E-state index contributed by atoms with van der Waals surface area (Å²) in [4.78, 5) is 58.3. The topological polar surface area (TPSA) is 194 Å². The number of rotatable bonds is 15. The fourth-order valence-corrected chi connectivity index (χ4v) is 3.06. The molecule has 0 aliphatic carbocycles. The molecular formula is C16H29N5O6S2. The average Bonchev–Trinajstić information content (AvgIpc) is 2.66. The molecule has 8 N–H and O–H groups in total. The van der Waals surface area contributed by atoms with Crippen LogP contribution in [0.2, 0.25) is 0 Å². The van der Waals surface area contributed by atoms with Crippen molar-refractivity contribution in [3.8, 4) is 0 Å². The second kappa shape index (κ2) is 14.9. The van der Waals surface area contributed by atoms with Gasteiger partial charge >= 0.3 is 5.97 Å². The maximum Gasteiger partial charge on any atom is 0.326 e. The van der Waals surface area contributed by atoms with Crippen LogP contribution in [0.5, 0.6) is 0 Å². The Morgan fingerprint density at radius 2 is 1.52 bits per heavy atom. The predicted octanol–water partition coefficient (Wildman–Crippen LogP) is -2.13. The zero-order chi connectivity index (χ0) is 22.4. The van der Waals surface area contributed by atoms with Crippen LogP contribution in [0, 0.1) is 0 Å². The summed E-state index contributed by atoms with van der Waals surface area (Å²) in [6.45, 7) is -0.522. The number of nitrogens with two attached hydrogens (primary N) is 2. The van der Waals surface area contributed by atoms with E-state index in [1.807, 2.05) is 12.5 Å². The first-order chi connectivity index (χ1) is 13.6. The van der Waals surface area contributed by atoms with Gasteiger partial charge in [0.1, 0.15) is 12.1 Å². The quantitative estimate of drug-likeness (QED) is 0.161. The van der Waals surface area contributed by atoms with Crippen LogP contribution in [0.15, 0.2) is 0 Å². The largest absolute Gasteiger partial charge is 0.480 e. The van der Waals surface area contributed by atoms with Gasteiger partial charge in [0.25, 0.3) is 0 Å². The molecule has 0 rings (SSSR count). The Labute approximate surface area is 177 Å². The van der Waals surface area contributed by atoms with Crippen LogP contribution >= 0.6 is 23.5 Å². The summed E-state index contributed by atoms with van der Waals surface area (Å²) in [7, 11) is 0. The molecule has 0 fully saturated rings. The second-order valence-electron chi connectivity index (χ2n) is 6.08. The summed E-state index contributed by atoms with van der Waals surface area (Å²) in [5.41, 5.74) is 10.7. The summed E-state index contributed by atoms with van der Waals surface area (Å²) in [6.07, 6.45) is 3.95. The molecule has 4 amide bonds. The monoisotopic (exact) mass is 451 g/mol. The molecule has 0 spiro atoms. The minimum absolute atomic E-state index is 0.328. The Morgan fingerprint density at radius 3 is 2.03 bits per heavy atom. The highest BCUT2D eigenvalue weighted by atomic mass is 32.2. The maximum atomic E-state index is 12.4. The lowest BCUT2D eigenvalue weighted by Crippen LogP contribution is -2.54. The molecule has 11 nitrogen and oxygen atoms in total. The number of thioether (sulfide) groups is 2. The van der Waals surface area contributed by atoms with Crippen LogP contribution in [0.3, 0.4) is 0 Å². The summed E-state index contributed by atoms with van der Waals surface area (Å²) < 4.78 is 0. The van der Waals surface area contributed by atoms with Crippen LogP contribution in [0.25, 0.3) is 0 Å². The van der Waals surface area contributed by atoms with Crippen molar-refractivity contribution >= 4 is 53.1 Å². The van der Waals surface area contributed by atoms with Gasteiger partial charge in [0.15, 0.2) is 0 Å². The first kappa shape index (κ1) is 27.0. The second-order valence-corrected chi connectivity index (χ2v) is 8.05. The third kappa shape index (κ3) is 12.2. The smallest absolute Gasteiger partial charge is 0.326 e. The van der Waals surface area contributed by atoms with E-state index in [9.17, 15) is 24.0 Å². The van der Waals surface area contributed by atoms with Gasteiger partial charge in [0.2, 0.25) is 23.6 Å². The van der Waals surface area contributed by atoms with Crippen molar-refractivity contribution in [2.75, 3.05) is 30.6 Å². The van der Waals surface area contributed by atoms with Crippen LogP contribution in [-0.4, -0.2) is 83.4 Å². The normalized spacial score (nSPS) is 13.6. The molecule has 0 aromatic rings. The number of carbonyl (C=O) groups is 5. The van der Waals surface area contributed by atoms with Gasteiger partial charge < -0.3 is 32.5 Å². The van der Waals surface area contributed by atoms with Gasteiger partial charge in [-0.05, 0) is 36.9 Å². The fourth-order valence-electron chi connectivity index (χ4n) is 2.10. The van der Waals surface area contributed by atoms with Crippen molar-refractivity contribution in [2.24, 2.45) is 11.5 Å². The van der Waals surface area contributed by atoms with Crippen molar-refractivity contribution in [1.29, 1.82) is 0 Å².